The molecule has 0 aliphatic rings. The molecule has 0 aliphatic carbocycles. The van der Waals surface area contributed by atoms with E-state index in [1.165, 1.54) is 0 Å². The molecule has 1 N–H and O–H groups in total. The lowest BCUT2D eigenvalue weighted by Gasteiger charge is -2.21. The molecule has 1 aromatic heterocycles. The van der Waals surface area contributed by atoms with Gasteiger partial charge >= 0.3 is 0 Å². The van der Waals surface area contributed by atoms with Crippen LogP contribution in [0.1, 0.15) is 31.9 Å². The van der Waals surface area contributed by atoms with Crippen LogP contribution in [0.15, 0.2) is 59.7 Å². The number of aromatic nitrogens is 1. The van der Waals surface area contributed by atoms with Crippen molar-refractivity contribution < 1.29 is 5.11 Å². The maximum Gasteiger partial charge on any atom is 0.128 e. The highest BCUT2D eigenvalue weighted by molar-refractivity contribution is 5.93. The lowest BCUT2D eigenvalue weighted by Crippen LogP contribution is -2.11. The number of rotatable bonds is 2. The third-order valence-electron chi connectivity index (χ3n) is 3.83. The van der Waals surface area contributed by atoms with E-state index in [1.54, 1.807) is 12.4 Å². The smallest absolute Gasteiger partial charge is 0.128 e. The van der Waals surface area contributed by atoms with Crippen molar-refractivity contribution >= 4 is 22.8 Å². The lowest BCUT2D eigenvalue weighted by atomic mass is 9.85. The molecule has 0 saturated carbocycles. The Morgan fingerprint density at radius 3 is 2.52 bits per heavy atom. The molecule has 0 bridgehead atoms. The van der Waals surface area contributed by atoms with Gasteiger partial charge in [0.05, 0.1) is 11.2 Å². The molecule has 3 nitrogen and oxygen atoms in total. The minimum absolute atomic E-state index is 0.116. The molecule has 0 saturated heterocycles. The number of nitrogens with zero attached hydrogens (tertiary/aromatic N) is 2. The van der Waals surface area contributed by atoms with Crippen molar-refractivity contribution in [2.24, 2.45) is 4.99 Å². The molecule has 0 spiro atoms. The van der Waals surface area contributed by atoms with E-state index < -0.39 is 0 Å². The summed E-state index contributed by atoms with van der Waals surface area (Å²) in [6.45, 7) is 6.24. The summed E-state index contributed by atoms with van der Waals surface area (Å²) in [4.78, 5) is 8.94. The molecule has 1 heterocycles. The van der Waals surface area contributed by atoms with Crippen molar-refractivity contribution in [1.29, 1.82) is 0 Å². The molecule has 3 heteroatoms. The van der Waals surface area contributed by atoms with Gasteiger partial charge in [-0.2, -0.15) is 0 Å². The first-order valence-electron chi connectivity index (χ1n) is 7.67. The highest BCUT2D eigenvalue weighted by Crippen LogP contribution is 2.32. The van der Waals surface area contributed by atoms with Crippen LogP contribution in [0, 0.1) is 0 Å². The van der Waals surface area contributed by atoms with Crippen LogP contribution in [-0.2, 0) is 5.41 Å². The number of pyridine rings is 1. The maximum absolute atomic E-state index is 10.5. The zero-order chi connectivity index (χ0) is 16.4. The van der Waals surface area contributed by atoms with E-state index >= 15 is 0 Å². The van der Waals surface area contributed by atoms with Crippen molar-refractivity contribution in [2.75, 3.05) is 0 Å². The molecule has 0 aliphatic heterocycles. The average molecular weight is 304 g/mol. The predicted molar refractivity (Wildman–Crippen MR) is 95.8 cm³/mol. The normalized spacial score (nSPS) is 12.1. The van der Waals surface area contributed by atoms with Gasteiger partial charge in [-0.15, -0.1) is 0 Å². The lowest BCUT2D eigenvalue weighted by molar-refractivity contribution is 0.446. The van der Waals surface area contributed by atoms with E-state index in [2.05, 4.69) is 30.7 Å². The average Bonchev–Trinajstić information content (AvgIpc) is 2.53. The number of phenols is 1. The minimum Gasteiger partial charge on any atom is -0.507 e. The molecule has 0 unspecified atom stereocenters. The van der Waals surface area contributed by atoms with Crippen LogP contribution < -0.4 is 0 Å². The SMILES string of the molecule is CC(C)(C)c1cccc(C=Nc2cccc3cccnc23)c1O. The molecule has 0 atom stereocenters. The van der Waals surface area contributed by atoms with Gasteiger partial charge in [0.1, 0.15) is 5.75 Å². The third-order valence-corrected chi connectivity index (χ3v) is 3.83. The van der Waals surface area contributed by atoms with E-state index in [0.29, 0.717) is 5.56 Å². The summed E-state index contributed by atoms with van der Waals surface area (Å²) in [7, 11) is 0. The minimum atomic E-state index is -0.116. The number of hydrogen-bond donors (Lipinski definition) is 1. The fourth-order valence-electron chi connectivity index (χ4n) is 2.60. The molecule has 0 amide bonds. The van der Waals surface area contributed by atoms with Crippen molar-refractivity contribution in [3.63, 3.8) is 0 Å². The molecular formula is C20H20N2O. The molecule has 23 heavy (non-hydrogen) atoms. The number of aromatic hydroxyl groups is 1. The second-order valence-corrected chi connectivity index (χ2v) is 6.60. The summed E-state index contributed by atoms with van der Waals surface area (Å²) >= 11 is 0. The first kappa shape index (κ1) is 15.2. The van der Waals surface area contributed by atoms with E-state index in [4.69, 9.17) is 0 Å². The van der Waals surface area contributed by atoms with E-state index in [-0.39, 0.29) is 11.2 Å². The number of hydrogen-bond acceptors (Lipinski definition) is 3. The summed E-state index contributed by atoms with van der Waals surface area (Å²) in [5.74, 6) is 0.289. The van der Waals surface area contributed by atoms with Crippen LogP contribution in [-0.4, -0.2) is 16.3 Å². The number of para-hydroxylation sites is 2. The van der Waals surface area contributed by atoms with Gasteiger partial charge in [0.15, 0.2) is 0 Å². The second-order valence-electron chi connectivity index (χ2n) is 6.60. The van der Waals surface area contributed by atoms with Crippen LogP contribution >= 0.6 is 0 Å². The van der Waals surface area contributed by atoms with E-state index in [0.717, 1.165) is 22.2 Å². The van der Waals surface area contributed by atoms with Crippen LogP contribution in [0.25, 0.3) is 10.9 Å². The summed E-state index contributed by atoms with van der Waals surface area (Å²) in [5, 5.41) is 11.6. The van der Waals surface area contributed by atoms with Gasteiger partial charge in [-0.05, 0) is 29.2 Å². The van der Waals surface area contributed by atoms with Gasteiger partial charge in [-0.1, -0.05) is 51.1 Å². The molecule has 0 radical (unpaired) electrons. The van der Waals surface area contributed by atoms with Gasteiger partial charge in [0.2, 0.25) is 0 Å². The summed E-state index contributed by atoms with van der Waals surface area (Å²) < 4.78 is 0. The predicted octanol–water partition coefficient (Wildman–Crippen LogP) is 4.99. The molecule has 116 valence electrons. The van der Waals surface area contributed by atoms with Crippen molar-refractivity contribution in [2.45, 2.75) is 26.2 Å². The Hall–Kier alpha value is -2.68. The van der Waals surface area contributed by atoms with Crippen LogP contribution in [0.4, 0.5) is 5.69 Å². The zero-order valence-corrected chi connectivity index (χ0v) is 13.6. The summed E-state index contributed by atoms with van der Waals surface area (Å²) in [5.41, 5.74) is 3.17. The monoisotopic (exact) mass is 304 g/mol. The number of aliphatic imine (C=N–C) groups is 1. The standard InChI is InChI=1S/C20H20N2O/c1-20(2,3)16-10-4-8-15(19(16)23)13-22-17-11-5-7-14-9-6-12-21-18(14)17/h4-13,23H,1-3H3. The molecule has 0 fully saturated rings. The Morgan fingerprint density at radius 1 is 1.00 bits per heavy atom. The van der Waals surface area contributed by atoms with E-state index in [1.807, 2.05) is 48.5 Å². The fourth-order valence-corrected chi connectivity index (χ4v) is 2.60. The van der Waals surface area contributed by atoms with Gasteiger partial charge < -0.3 is 5.11 Å². The Morgan fingerprint density at radius 2 is 1.74 bits per heavy atom. The highest BCUT2D eigenvalue weighted by atomic mass is 16.3. The van der Waals surface area contributed by atoms with E-state index in [9.17, 15) is 5.11 Å². The van der Waals surface area contributed by atoms with Gasteiger partial charge in [-0.25, -0.2) is 0 Å². The van der Waals surface area contributed by atoms with Crippen molar-refractivity contribution in [3.05, 3.63) is 65.9 Å². The quantitative estimate of drug-likeness (QED) is 0.678. The number of phenolic OH excluding ortho intramolecular Hbond substituents is 1. The highest BCUT2D eigenvalue weighted by Gasteiger charge is 2.19. The number of fused-ring (bicyclic) bond motifs is 1. The Bertz CT molecular complexity index is 871. The first-order valence-corrected chi connectivity index (χ1v) is 7.67. The molecule has 3 aromatic rings. The Balaban J connectivity index is 2.03. The summed E-state index contributed by atoms with van der Waals surface area (Å²) in [6, 6.07) is 15.6. The van der Waals surface area contributed by atoms with Crippen molar-refractivity contribution in [1.82, 2.24) is 4.98 Å². The van der Waals surface area contributed by atoms with Crippen LogP contribution in [0.2, 0.25) is 0 Å². The van der Waals surface area contributed by atoms with Crippen LogP contribution in [0.3, 0.4) is 0 Å². The van der Waals surface area contributed by atoms with Gasteiger partial charge in [0.25, 0.3) is 0 Å². The first-order chi connectivity index (χ1) is 11.0. The van der Waals surface area contributed by atoms with Crippen LogP contribution in [0.5, 0.6) is 5.75 Å². The van der Waals surface area contributed by atoms with Gasteiger partial charge in [-0.3, -0.25) is 9.98 Å². The van der Waals surface area contributed by atoms with Crippen molar-refractivity contribution in [3.8, 4) is 5.75 Å². The largest absolute Gasteiger partial charge is 0.507 e. The summed E-state index contributed by atoms with van der Waals surface area (Å²) in [6.07, 6.45) is 3.47. The molecule has 2 aromatic carbocycles. The second kappa shape index (κ2) is 5.84. The number of benzene rings is 2. The zero-order valence-electron chi connectivity index (χ0n) is 13.6. The van der Waals surface area contributed by atoms with Gasteiger partial charge in [0, 0.05) is 23.4 Å². The maximum atomic E-state index is 10.5. The Kier molecular flexibility index (Phi) is 3.87. The Labute approximate surface area is 136 Å². The third kappa shape index (κ3) is 3.09. The fraction of sp³-hybridized carbons (Fsp3) is 0.200. The molecular weight excluding hydrogens is 284 g/mol. The molecule has 3 rings (SSSR count). The topological polar surface area (TPSA) is 45.5 Å².